The number of hydrazine groups is 1. The predicted molar refractivity (Wildman–Crippen MR) is 102 cm³/mol. The summed E-state index contributed by atoms with van der Waals surface area (Å²) >= 11 is 0. The van der Waals surface area contributed by atoms with Gasteiger partial charge in [-0.3, -0.25) is 10.6 Å². The second-order valence-electron chi connectivity index (χ2n) is 7.91. The molecule has 2 aromatic rings. The number of aromatic nitrogens is 1. The molecule has 1 aliphatic rings. The van der Waals surface area contributed by atoms with Crippen LogP contribution in [0, 0.1) is 19.7 Å². The van der Waals surface area contributed by atoms with E-state index in [0.29, 0.717) is 33.4 Å². The van der Waals surface area contributed by atoms with Gasteiger partial charge in [0.25, 0.3) is 0 Å². The van der Waals surface area contributed by atoms with Gasteiger partial charge >= 0.3 is 0 Å². The molecule has 0 amide bonds. The van der Waals surface area contributed by atoms with Crippen molar-refractivity contribution < 1.29 is 4.39 Å². The van der Waals surface area contributed by atoms with Gasteiger partial charge in [0.15, 0.2) is 11.2 Å². The van der Waals surface area contributed by atoms with Crippen LogP contribution in [-0.2, 0) is 5.54 Å². The first-order valence-electron chi connectivity index (χ1n) is 8.78. The van der Waals surface area contributed by atoms with Crippen molar-refractivity contribution in [3.63, 3.8) is 0 Å². The summed E-state index contributed by atoms with van der Waals surface area (Å²) in [4.78, 5) is 14.9. The normalized spacial score (nSPS) is 15.2. The minimum Gasteiger partial charge on any atom is -0.369 e. The zero-order chi connectivity index (χ0) is 18.5. The number of nitrogens with zero attached hydrogens (tertiary/aromatic N) is 2. The van der Waals surface area contributed by atoms with E-state index in [4.69, 9.17) is 5.84 Å². The average Bonchev–Trinajstić information content (AvgIpc) is 3.04. The van der Waals surface area contributed by atoms with Gasteiger partial charge in [-0.25, -0.2) is 4.39 Å². The number of nitrogens with one attached hydrogen (secondary N) is 1. The highest BCUT2D eigenvalue weighted by Gasteiger charge is 2.28. The van der Waals surface area contributed by atoms with E-state index in [-0.39, 0.29) is 16.8 Å². The molecule has 3 N–H and O–H groups in total. The second-order valence-corrected chi connectivity index (χ2v) is 7.91. The van der Waals surface area contributed by atoms with Crippen molar-refractivity contribution in [2.24, 2.45) is 5.84 Å². The zero-order valence-corrected chi connectivity index (χ0v) is 15.7. The molecule has 136 valence electrons. The van der Waals surface area contributed by atoms with Crippen molar-refractivity contribution in [2.75, 3.05) is 23.4 Å². The molecule has 0 spiro atoms. The quantitative estimate of drug-likeness (QED) is 0.646. The van der Waals surface area contributed by atoms with Gasteiger partial charge < -0.3 is 14.9 Å². The largest absolute Gasteiger partial charge is 0.369 e. The topological polar surface area (TPSA) is 63.3 Å². The Labute approximate surface area is 147 Å². The van der Waals surface area contributed by atoms with Gasteiger partial charge in [0.1, 0.15) is 0 Å². The van der Waals surface area contributed by atoms with Crippen molar-refractivity contribution in [3.05, 3.63) is 33.4 Å². The molecule has 6 heteroatoms. The summed E-state index contributed by atoms with van der Waals surface area (Å²) in [5, 5.41) is 0.329. The van der Waals surface area contributed by atoms with Crippen molar-refractivity contribution >= 4 is 22.3 Å². The first kappa shape index (κ1) is 17.7. The molecule has 0 bridgehead atoms. The van der Waals surface area contributed by atoms with Crippen molar-refractivity contribution in [3.8, 4) is 0 Å². The zero-order valence-electron chi connectivity index (χ0n) is 15.7. The van der Waals surface area contributed by atoms with Crippen molar-refractivity contribution in [2.45, 2.75) is 53.0 Å². The molecular formula is C19H27FN4O. The first-order valence-corrected chi connectivity index (χ1v) is 8.78. The van der Waals surface area contributed by atoms with E-state index in [1.165, 1.54) is 0 Å². The van der Waals surface area contributed by atoms with E-state index >= 15 is 4.39 Å². The molecular weight excluding hydrogens is 319 g/mol. The van der Waals surface area contributed by atoms with E-state index in [0.717, 1.165) is 25.9 Å². The van der Waals surface area contributed by atoms with E-state index in [1.54, 1.807) is 13.1 Å². The summed E-state index contributed by atoms with van der Waals surface area (Å²) in [5.41, 5.74) is 4.78. The fourth-order valence-corrected chi connectivity index (χ4v) is 3.80. The lowest BCUT2D eigenvalue weighted by Crippen LogP contribution is -2.29. The Hall–Kier alpha value is -2.08. The van der Waals surface area contributed by atoms with Gasteiger partial charge in [-0.15, -0.1) is 0 Å². The van der Waals surface area contributed by atoms with Crippen LogP contribution in [0.25, 0.3) is 10.9 Å². The van der Waals surface area contributed by atoms with E-state index in [2.05, 4.69) is 10.3 Å². The fourth-order valence-electron chi connectivity index (χ4n) is 3.80. The Balaban J connectivity index is 2.54. The summed E-state index contributed by atoms with van der Waals surface area (Å²) < 4.78 is 17.6. The van der Waals surface area contributed by atoms with E-state index in [9.17, 15) is 4.79 Å². The Morgan fingerprint density at radius 1 is 1.20 bits per heavy atom. The molecule has 0 atom stereocenters. The Bertz CT molecular complexity index is 889. The molecule has 5 nitrogen and oxygen atoms in total. The predicted octanol–water partition coefficient (Wildman–Crippen LogP) is 3.40. The molecule has 25 heavy (non-hydrogen) atoms. The molecule has 1 saturated heterocycles. The third-order valence-electron chi connectivity index (χ3n) is 5.07. The highest BCUT2D eigenvalue weighted by atomic mass is 19.1. The summed E-state index contributed by atoms with van der Waals surface area (Å²) in [6, 6.07) is 0. The number of rotatable bonds is 2. The highest BCUT2D eigenvalue weighted by molar-refractivity contribution is 5.98. The van der Waals surface area contributed by atoms with Crippen molar-refractivity contribution in [1.29, 1.82) is 0 Å². The number of pyridine rings is 1. The van der Waals surface area contributed by atoms with Crippen molar-refractivity contribution in [1.82, 2.24) is 4.57 Å². The van der Waals surface area contributed by atoms with Crippen LogP contribution in [0.1, 0.15) is 44.7 Å². The number of aryl methyl sites for hydroxylation is 1. The van der Waals surface area contributed by atoms with E-state index < -0.39 is 0 Å². The molecule has 1 aromatic carbocycles. The lowest BCUT2D eigenvalue weighted by molar-refractivity contribution is 0.403. The first-order chi connectivity index (χ1) is 11.7. The van der Waals surface area contributed by atoms with Crippen LogP contribution in [0.15, 0.2) is 11.0 Å². The smallest absolute Gasteiger partial charge is 0.194 e. The Kier molecular flexibility index (Phi) is 4.27. The van der Waals surface area contributed by atoms with Crippen LogP contribution in [0.5, 0.6) is 0 Å². The van der Waals surface area contributed by atoms with Crippen LogP contribution >= 0.6 is 0 Å². The number of hydrogen-bond donors (Lipinski definition) is 2. The second kappa shape index (κ2) is 6.02. The standard InChI is InChI=1S/C19H27FN4O/c1-11-10-24(19(3,4)5)17-13(18(11)25)15(22-21)12(2)16(14(17)20)23-8-6-7-9-23/h10,22H,6-9,21H2,1-5H3. The highest BCUT2D eigenvalue weighted by Crippen LogP contribution is 2.39. The molecule has 2 heterocycles. The lowest BCUT2D eigenvalue weighted by Gasteiger charge is -2.30. The minimum atomic E-state index is -0.374. The lowest BCUT2D eigenvalue weighted by atomic mass is 9.99. The van der Waals surface area contributed by atoms with E-state index in [1.807, 2.05) is 32.3 Å². The van der Waals surface area contributed by atoms with Gasteiger partial charge in [0.2, 0.25) is 0 Å². The minimum absolute atomic E-state index is 0.182. The van der Waals surface area contributed by atoms with Crippen LogP contribution < -0.4 is 21.6 Å². The van der Waals surface area contributed by atoms with Gasteiger partial charge in [-0.1, -0.05) is 0 Å². The van der Waals surface area contributed by atoms with Gasteiger partial charge in [-0.05, 0) is 47.5 Å². The monoisotopic (exact) mass is 346 g/mol. The number of hydrogen-bond acceptors (Lipinski definition) is 4. The summed E-state index contributed by atoms with van der Waals surface area (Å²) in [7, 11) is 0. The molecule has 1 aromatic heterocycles. The van der Waals surface area contributed by atoms with Gasteiger partial charge in [-0.2, -0.15) is 0 Å². The van der Waals surface area contributed by atoms with Crippen LogP contribution in [0.4, 0.5) is 15.8 Å². The third kappa shape index (κ3) is 2.68. The molecule has 1 aliphatic heterocycles. The van der Waals surface area contributed by atoms with Gasteiger partial charge in [0.05, 0.1) is 22.3 Å². The van der Waals surface area contributed by atoms with Gasteiger partial charge in [0, 0.05) is 36.0 Å². The number of nitrogen functional groups attached to an aromatic ring is 1. The molecule has 0 saturated carbocycles. The number of halogens is 1. The number of benzene rings is 1. The third-order valence-corrected chi connectivity index (χ3v) is 5.07. The molecule has 0 aliphatic carbocycles. The maximum absolute atomic E-state index is 15.7. The average molecular weight is 346 g/mol. The number of fused-ring (bicyclic) bond motifs is 1. The molecule has 0 radical (unpaired) electrons. The number of nitrogens with two attached hydrogens (primary N) is 1. The summed E-state index contributed by atoms with van der Waals surface area (Å²) in [6.07, 6.45) is 3.84. The van der Waals surface area contributed by atoms with Crippen LogP contribution in [0.2, 0.25) is 0 Å². The Morgan fingerprint density at radius 3 is 2.32 bits per heavy atom. The summed E-state index contributed by atoms with van der Waals surface area (Å²) in [6.45, 7) is 11.2. The Morgan fingerprint density at radius 2 is 1.80 bits per heavy atom. The fraction of sp³-hybridized carbons (Fsp3) is 0.526. The maximum Gasteiger partial charge on any atom is 0.194 e. The maximum atomic E-state index is 15.7. The number of anilines is 2. The molecule has 0 unspecified atom stereocenters. The SMILES string of the molecule is Cc1c(N2CCCC2)c(F)c2c(c1NN)c(=O)c(C)cn2C(C)(C)C. The van der Waals surface area contributed by atoms with Crippen LogP contribution in [-0.4, -0.2) is 17.7 Å². The molecule has 1 fully saturated rings. The molecule has 3 rings (SSSR count). The summed E-state index contributed by atoms with van der Waals surface area (Å²) in [5.74, 6) is 5.44. The van der Waals surface area contributed by atoms with Crippen LogP contribution in [0.3, 0.4) is 0 Å².